The van der Waals surface area contributed by atoms with Gasteiger partial charge in [0.25, 0.3) is 5.56 Å². The molecule has 2 heterocycles. The van der Waals surface area contributed by atoms with Crippen LogP contribution in [-0.4, -0.2) is 42.9 Å². The van der Waals surface area contributed by atoms with E-state index in [1.54, 1.807) is 6.20 Å². The average molecular weight is 319 g/mol. The molecule has 20 heavy (non-hydrogen) atoms. The van der Waals surface area contributed by atoms with Crippen molar-refractivity contribution in [1.29, 1.82) is 0 Å². The lowest BCUT2D eigenvalue weighted by atomic mass is 10.1. The third-order valence-corrected chi connectivity index (χ3v) is 5.14. The molecule has 1 aliphatic rings. The summed E-state index contributed by atoms with van der Waals surface area (Å²) in [6, 6.07) is 1.40. The van der Waals surface area contributed by atoms with Gasteiger partial charge >= 0.3 is 0 Å². The summed E-state index contributed by atoms with van der Waals surface area (Å²) < 4.78 is 25.7. The highest BCUT2D eigenvalue weighted by Gasteiger charge is 2.26. The number of nitrogens with zero attached hydrogens (tertiary/aromatic N) is 2. The third-order valence-electron chi connectivity index (χ3n) is 3.51. The van der Waals surface area contributed by atoms with Crippen LogP contribution >= 0.6 is 11.6 Å². The van der Waals surface area contributed by atoms with E-state index in [9.17, 15) is 18.0 Å². The quantitative estimate of drug-likeness (QED) is 0.776. The minimum Gasteiger partial charge on any atom is -0.312 e. The fourth-order valence-electron chi connectivity index (χ4n) is 2.39. The van der Waals surface area contributed by atoms with Crippen molar-refractivity contribution >= 4 is 27.9 Å². The van der Waals surface area contributed by atoms with Crippen molar-refractivity contribution < 1.29 is 13.2 Å². The lowest BCUT2D eigenvalue weighted by Gasteiger charge is -2.31. The molecule has 0 atom stereocenters. The number of piperidine rings is 1. The van der Waals surface area contributed by atoms with Crippen LogP contribution in [0.3, 0.4) is 0 Å². The number of sulfonamides is 1. The predicted molar refractivity (Wildman–Crippen MR) is 75.8 cm³/mol. The molecular formula is C12H15ClN2O4S. The summed E-state index contributed by atoms with van der Waals surface area (Å²) in [6.07, 6.45) is 4.25. The van der Waals surface area contributed by atoms with Gasteiger partial charge in [-0.1, -0.05) is 11.6 Å². The molecular weight excluding hydrogens is 304 g/mol. The molecule has 0 amide bonds. The van der Waals surface area contributed by atoms with Crippen LogP contribution in [0.1, 0.15) is 29.2 Å². The van der Waals surface area contributed by atoms with Gasteiger partial charge < -0.3 is 4.57 Å². The standard InChI is InChI=1S/C12H15ClN2O4S/c1-20(18,19)14-5-2-9(3-6-14)15-7-4-11(13)10(8-16)12(15)17/h4,7-9H,2-3,5-6H2,1H3. The molecule has 110 valence electrons. The number of pyridine rings is 1. The van der Waals surface area contributed by atoms with Gasteiger partial charge in [-0.25, -0.2) is 12.7 Å². The van der Waals surface area contributed by atoms with E-state index in [-0.39, 0.29) is 16.6 Å². The number of aldehydes is 1. The zero-order valence-corrected chi connectivity index (χ0v) is 12.5. The van der Waals surface area contributed by atoms with E-state index >= 15 is 0 Å². The van der Waals surface area contributed by atoms with Crippen LogP contribution in [-0.2, 0) is 10.0 Å². The maximum Gasteiger partial charge on any atom is 0.262 e. The average Bonchev–Trinajstić information content (AvgIpc) is 2.38. The van der Waals surface area contributed by atoms with Gasteiger partial charge in [0.2, 0.25) is 10.0 Å². The van der Waals surface area contributed by atoms with Gasteiger partial charge in [0, 0.05) is 25.3 Å². The first kappa shape index (κ1) is 15.2. The summed E-state index contributed by atoms with van der Waals surface area (Å²) in [5.41, 5.74) is -0.481. The molecule has 0 unspecified atom stereocenters. The van der Waals surface area contributed by atoms with Crippen LogP contribution in [0.2, 0.25) is 5.02 Å². The predicted octanol–water partition coefficient (Wildman–Crippen LogP) is 0.911. The Morgan fingerprint density at radius 1 is 1.35 bits per heavy atom. The summed E-state index contributed by atoms with van der Waals surface area (Å²) >= 11 is 5.79. The fourth-order valence-corrected chi connectivity index (χ4v) is 3.45. The van der Waals surface area contributed by atoms with Crippen LogP contribution in [0.25, 0.3) is 0 Å². The van der Waals surface area contributed by atoms with Crippen molar-refractivity contribution in [3.63, 3.8) is 0 Å². The number of aromatic nitrogens is 1. The molecule has 0 saturated carbocycles. The molecule has 0 radical (unpaired) electrons. The van der Waals surface area contributed by atoms with Crippen molar-refractivity contribution in [2.75, 3.05) is 19.3 Å². The van der Waals surface area contributed by atoms with Crippen molar-refractivity contribution in [2.24, 2.45) is 0 Å². The van der Waals surface area contributed by atoms with E-state index in [1.165, 1.54) is 21.2 Å². The van der Waals surface area contributed by atoms with Crippen molar-refractivity contribution in [3.8, 4) is 0 Å². The van der Waals surface area contributed by atoms with Crippen molar-refractivity contribution in [3.05, 3.63) is 33.2 Å². The first-order valence-corrected chi connectivity index (χ1v) is 8.38. The second-order valence-electron chi connectivity index (χ2n) is 4.80. The van der Waals surface area contributed by atoms with E-state index in [4.69, 9.17) is 11.6 Å². The highest BCUT2D eigenvalue weighted by molar-refractivity contribution is 7.88. The minimum absolute atomic E-state index is 0.0558. The Hall–Kier alpha value is -1.18. The molecule has 2 rings (SSSR count). The van der Waals surface area contributed by atoms with Crippen LogP contribution in [0.15, 0.2) is 17.1 Å². The summed E-state index contributed by atoms with van der Waals surface area (Å²) in [5, 5.41) is 0.134. The van der Waals surface area contributed by atoms with Gasteiger partial charge in [0.1, 0.15) is 0 Å². The Morgan fingerprint density at radius 2 is 1.95 bits per heavy atom. The SMILES string of the molecule is CS(=O)(=O)N1CCC(n2ccc(Cl)c(C=O)c2=O)CC1. The van der Waals surface area contributed by atoms with Crippen molar-refractivity contribution in [1.82, 2.24) is 8.87 Å². The molecule has 1 aromatic heterocycles. The highest BCUT2D eigenvalue weighted by atomic mass is 35.5. The maximum absolute atomic E-state index is 12.1. The van der Waals surface area contributed by atoms with Gasteiger partial charge in [-0.2, -0.15) is 0 Å². The van der Waals surface area contributed by atoms with Crippen LogP contribution < -0.4 is 5.56 Å². The number of hydrogen-bond acceptors (Lipinski definition) is 4. The molecule has 0 aliphatic carbocycles. The minimum atomic E-state index is -3.19. The smallest absolute Gasteiger partial charge is 0.262 e. The second kappa shape index (κ2) is 5.67. The molecule has 0 aromatic carbocycles. The number of halogens is 1. The Labute approximate surface area is 122 Å². The third kappa shape index (κ3) is 2.94. The molecule has 0 spiro atoms. The molecule has 1 aromatic rings. The van der Waals surface area contributed by atoms with Gasteiger partial charge in [0.05, 0.1) is 16.8 Å². The Balaban J connectivity index is 2.24. The Kier molecular flexibility index (Phi) is 4.31. The summed E-state index contributed by atoms with van der Waals surface area (Å²) in [5.74, 6) is 0. The Bertz CT molecular complexity index is 675. The van der Waals surface area contributed by atoms with Gasteiger partial charge in [-0.3, -0.25) is 9.59 Å². The first-order chi connectivity index (χ1) is 9.34. The monoisotopic (exact) mass is 318 g/mol. The molecule has 1 saturated heterocycles. The summed E-state index contributed by atoms with van der Waals surface area (Å²) in [7, 11) is -3.19. The zero-order chi connectivity index (χ0) is 14.9. The normalized spacial score (nSPS) is 18.1. The van der Waals surface area contributed by atoms with E-state index in [0.29, 0.717) is 32.2 Å². The maximum atomic E-state index is 12.1. The summed E-state index contributed by atoms with van der Waals surface area (Å²) in [4.78, 5) is 23.0. The van der Waals surface area contributed by atoms with Crippen LogP contribution in [0.4, 0.5) is 0 Å². The number of rotatable bonds is 3. The van der Waals surface area contributed by atoms with E-state index in [2.05, 4.69) is 0 Å². The number of carbonyl (C=O) groups excluding carboxylic acids is 1. The molecule has 0 N–H and O–H groups in total. The molecule has 8 heteroatoms. The number of hydrogen-bond donors (Lipinski definition) is 0. The van der Waals surface area contributed by atoms with Gasteiger partial charge in [-0.05, 0) is 18.9 Å². The zero-order valence-electron chi connectivity index (χ0n) is 11.0. The van der Waals surface area contributed by atoms with Crippen LogP contribution in [0.5, 0.6) is 0 Å². The topological polar surface area (TPSA) is 76.5 Å². The fraction of sp³-hybridized carbons (Fsp3) is 0.500. The highest BCUT2D eigenvalue weighted by Crippen LogP contribution is 2.23. The largest absolute Gasteiger partial charge is 0.312 e. The lowest BCUT2D eigenvalue weighted by molar-refractivity contribution is 0.112. The van der Waals surface area contributed by atoms with Crippen molar-refractivity contribution in [2.45, 2.75) is 18.9 Å². The Morgan fingerprint density at radius 3 is 2.45 bits per heavy atom. The summed E-state index contributed by atoms with van der Waals surface area (Å²) in [6.45, 7) is 0.740. The molecule has 0 bridgehead atoms. The number of carbonyl (C=O) groups is 1. The van der Waals surface area contributed by atoms with Crippen LogP contribution in [0, 0.1) is 0 Å². The van der Waals surface area contributed by atoms with Gasteiger partial charge in [-0.15, -0.1) is 0 Å². The molecule has 1 aliphatic heterocycles. The van der Waals surface area contributed by atoms with E-state index < -0.39 is 15.6 Å². The first-order valence-electron chi connectivity index (χ1n) is 6.15. The molecule has 6 nitrogen and oxygen atoms in total. The van der Waals surface area contributed by atoms with E-state index in [0.717, 1.165) is 0 Å². The van der Waals surface area contributed by atoms with E-state index in [1.807, 2.05) is 0 Å². The second-order valence-corrected chi connectivity index (χ2v) is 7.19. The lowest BCUT2D eigenvalue weighted by Crippen LogP contribution is -2.40. The van der Waals surface area contributed by atoms with Gasteiger partial charge in [0.15, 0.2) is 6.29 Å². The molecule has 1 fully saturated rings.